The molecular formula is C12H13BrFNO2. The highest BCUT2D eigenvalue weighted by atomic mass is 79.9. The van der Waals surface area contributed by atoms with Crippen LogP contribution in [0.1, 0.15) is 12.5 Å². The van der Waals surface area contributed by atoms with Crippen molar-refractivity contribution >= 4 is 21.9 Å². The lowest BCUT2D eigenvalue weighted by molar-refractivity contribution is -0.132. The second-order valence-corrected chi connectivity index (χ2v) is 4.47. The van der Waals surface area contributed by atoms with E-state index in [0.29, 0.717) is 18.7 Å². The highest BCUT2D eigenvalue weighted by Gasteiger charge is 2.02. The van der Waals surface area contributed by atoms with Crippen LogP contribution >= 0.6 is 15.9 Å². The van der Waals surface area contributed by atoms with Crippen molar-refractivity contribution in [2.24, 2.45) is 0 Å². The Morgan fingerprint density at radius 2 is 2.29 bits per heavy atom. The summed E-state index contributed by atoms with van der Waals surface area (Å²) < 4.78 is 14.1. The number of nitrogens with one attached hydrogen (secondary N) is 1. The minimum Gasteiger partial charge on any atom is -0.478 e. The number of carbonyl (C=O) groups is 1. The first-order chi connectivity index (χ1) is 8.00. The zero-order valence-corrected chi connectivity index (χ0v) is 10.9. The van der Waals surface area contributed by atoms with Crippen molar-refractivity contribution in [3.8, 4) is 0 Å². The van der Waals surface area contributed by atoms with E-state index in [1.54, 1.807) is 18.2 Å². The first kappa shape index (κ1) is 13.9. The average Bonchev–Trinajstić information content (AvgIpc) is 2.28. The van der Waals surface area contributed by atoms with E-state index in [9.17, 15) is 9.18 Å². The minimum absolute atomic E-state index is 0.271. The van der Waals surface area contributed by atoms with E-state index in [2.05, 4.69) is 21.2 Å². The smallest absolute Gasteiger partial charge is 0.330 e. The van der Waals surface area contributed by atoms with Gasteiger partial charge in [-0.3, -0.25) is 0 Å². The number of halogens is 2. The molecule has 0 heterocycles. The van der Waals surface area contributed by atoms with Gasteiger partial charge in [-0.15, -0.1) is 0 Å². The first-order valence-electron chi connectivity index (χ1n) is 5.05. The predicted molar refractivity (Wildman–Crippen MR) is 67.2 cm³/mol. The van der Waals surface area contributed by atoms with Crippen LogP contribution in [0.15, 0.2) is 34.3 Å². The van der Waals surface area contributed by atoms with Crippen LogP contribution in [-0.4, -0.2) is 17.6 Å². The third kappa shape index (κ3) is 4.66. The molecule has 0 bridgehead atoms. The molecule has 0 spiro atoms. The van der Waals surface area contributed by atoms with Crippen molar-refractivity contribution in [3.63, 3.8) is 0 Å². The lowest BCUT2D eigenvalue weighted by Crippen LogP contribution is -2.15. The van der Waals surface area contributed by atoms with Crippen molar-refractivity contribution in [2.75, 3.05) is 6.54 Å². The fourth-order valence-electron chi connectivity index (χ4n) is 1.20. The fraction of sp³-hybridized carbons (Fsp3) is 0.250. The van der Waals surface area contributed by atoms with Gasteiger partial charge < -0.3 is 10.4 Å². The Bertz CT molecular complexity index is 446. The third-order valence-electron chi connectivity index (χ3n) is 2.21. The number of carboxylic acids is 1. The average molecular weight is 302 g/mol. The SMILES string of the molecule is C/C(=C/CNCc1cc(Br)ccc1F)C(=O)O. The molecule has 2 N–H and O–H groups in total. The minimum atomic E-state index is -0.944. The van der Waals surface area contributed by atoms with E-state index in [4.69, 9.17) is 5.11 Å². The molecule has 0 aliphatic rings. The molecule has 1 aromatic carbocycles. The van der Waals surface area contributed by atoms with Gasteiger partial charge in [0.25, 0.3) is 0 Å². The molecule has 0 saturated carbocycles. The third-order valence-corrected chi connectivity index (χ3v) is 2.71. The number of carboxylic acid groups (broad SMARTS) is 1. The van der Waals surface area contributed by atoms with Gasteiger partial charge in [0, 0.05) is 28.7 Å². The van der Waals surface area contributed by atoms with E-state index < -0.39 is 5.97 Å². The van der Waals surface area contributed by atoms with Crippen molar-refractivity contribution < 1.29 is 14.3 Å². The zero-order valence-electron chi connectivity index (χ0n) is 9.34. The van der Waals surface area contributed by atoms with Gasteiger partial charge in [0.15, 0.2) is 0 Å². The maximum atomic E-state index is 13.3. The van der Waals surface area contributed by atoms with Gasteiger partial charge in [0.2, 0.25) is 0 Å². The Morgan fingerprint density at radius 3 is 2.94 bits per heavy atom. The van der Waals surface area contributed by atoms with Crippen LogP contribution in [0.4, 0.5) is 4.39 Å². The summed E-state index contributed by atoms with van der Waals surface area (Å²) in [6, 6.07) is 4.71. The second kappa shape index (κ2) is 6.51. The van der Waals surface area contributed by atoms with E-state index >= 15 is 0 Å². The highest BCUT2D eigenvalue weighted by Crippen LogP contribution is 2.15. The van der Waals surface area contributed by atoms with E-state index in [1.165, 1.54) is 13.0 Å². The maximum absolute atomic E-state index is 13.3. The molecule has 0 fully saturated rings. The Labute approximate surface area is 107 Å². The molecule has 92 valence electrons. The van der Waals surface area contributed by atoms with Crippen LogP contribution in [0.25, 0.3) is 0 Å². The topological polar surface area (TPSA) is 49.3 Å². The van der Waals surface area contributed by atoms with Crippen LogP contribution in [0.2, 0.25) is 0 Å². The summed E-state index contributed by atoms with van der Waals surface area (Å²) in [6.45, 7) is 2.27. The molecule has 0 amide bonds. The van der Waals surface area contributed by atoms with Crippen LogP contribution in [0.5, 0.6) is 0 Å². The number of aliphatic carboxylic acids is 1. The van der Waals surface area contributed by atoms with Gasteiger partial charge in [-0.25, -0.2) is 9.18 Å². The Morgan fingerprint density at radius 1 is 1.59 bits per heavy atom. The normalized spacial score (nSPS) is 11.6. The lowest BCUT2D eigenvalue weighted by Gasteiger charge is -2.04. The van der Waals surface area contributed by atoms with E-state index in [1.807, 2.05) is 0 Å². The molecule has 1 aromatic rings. The Kier molecular flexibility index (Phi) is 5.31. The predicted octanol–water partition coefficient (Wildman–Crippen LogP) is 2.71. The molecule has 0 radical (unpaired) electrons. The molecule has 0 aliphatic heterocycles. The Hall–Kier alpha value is -1.20. The summed E-state index contributed by atoms with van der Waals surface area (Å²) in [5.74, 6) is -1.22. The summed E-state index contributed by atoms with van der Waals surface area (Å²) in [7, 11) is 0. The van der Waals surface area contributed by atoms with Gasteiger partial charge in [-0.1, -0.05) is 22.0 Å². The molecule has 0 aliphatic carbocycles. The van der Waals surface area contributed by atoms with Crippen LogP contribution in [-0.2, 0) is 11.3 Å². The Balaban J connectivity index is 2.49. The van der Waals surface area contributed by atoms with Crippen molar-refractivity contribution in [3.05, 3.63) is 45.7 Å². The summed E-state index contributed by atoms with van der Waals surface area (Å²) in [5.41, 5.74) is 0.813. The fourth-order valence-corrected chi connectivity index (χ4v) is 1.61. The molecule has 17 heavy (non-hydrogen) atoms. The summed E-state index contributed by atoms with van der Waals surface area (Å²) >= 11 is 3.26. The molecule has 0 aromatic heterocycles. The molecule has 0 saturated heterocycles. The second-order valence-electron chi connectivity index (χ2n) is 3.56. The van der Waals surface area contributed by atoms with E-state index in [-0.39, 0.29) is 11.4 Å². The molecular weight excluding hydrogens is 289 g/mol. The van der Waals surface area contributed by atoms with Gasteiger partial charge >= 0.3 is 5.97 Å². The maximum Gasteiger partial charge on any atom is 0.330 e. The summed E-state index contributed by atoms with van der Waals surface area (Å²) in [6.07, 6.45) is 1.55. The largest absolute Gasteiger partial charge is 0.478 e. The van der Waals surface area contributed by atoms with Gasteiger partial charge in [-0.05, 0) is 25.1 Å². The number of hydrogen-bond acceptors (Lipinski definition) is 2. The molecule has 0 unspecified atom stereocenters. The highest BCUT2D eigenvalue weighted by molar-refractivity contribution is 9.10. The van der Waals surface area contributed by atoms with Gasteiger partial charge in [0.05, 0.1) is 0 Å². The van der Waals surface area contributed by atoms with Crippen LogP contribution in [0, 0.1) is 5.82 Å². The number of hydrogen-bond donors (Lipinski definition) is 2. The number of rotatable bonds is 5. The standard InChI is InChI=1S/C12H13BrFNO2/c1-8(12(16)17)4-5-15-7-9-6-10(13)2-3-11(9)14/h2-4,6,15H,5,7H2,1H3,(H,16,17)/b8-4-. The summed E-state index contributed by atoms with van der Waals surface area (Å²) in [4.78, 5) is 10.5. The van der Waals surface area contributed by atoms with Crippen LogP contribution in [0.3, 0.4) is 0 Å². The molecule has 1 rings (SSSR count). The van der Waals surface area contributed by atoms with Crippen molar-refractivity contribution in [1.82, 2.24) is 5.32 Å². The van der Waals surface area contributed by atoms with Gasteiger partial charge in [0.1, 0.15) is 5.82 Å². The molecule has 3 nitrogen and oxygen atoms in total. The molecule has 0 atom stereocenters. The van der Waals surface area contributed by atoms with Crippen molar-refractivity contribution in [2.45, 2.75) is 13.5 Å². The number of benzene rings is 1. The van der Waals surface area contributed by atoms with E-state index in [0.717, 1.165) is 4.47 Å². The summed E-state index contributed by atoms with van der Waals surface area (Å²) in [5, 5.41) is 11.6. The first-order valence-corrected chi connectivity index (χ1v) is 5.84. The lowest BCUT2D eigenvalue weighted by atomic mass is 10.2. The molecule has 5 heteroatoms. The zero-order chi connectivity index (χ0) is 12.8. The van der Waals surface area contributed by atoms with Crippen molar-refractivity contribution in [1.29, 1.82) is 0 Å². The quantitative estimate of drug-likeness (QED) is 0.649. The van der Waals surface area contributed by atoms with Gasteiger partial charge in [-0.2, -0.15) is 0 Å². The monoisotopic (exact) mass is 301 g/mol. The van der Waals surface area contributed by atoms with Crippen LogP contribution < -0.4 is 5.32 Å².